The molecule has 0 aliphatic carbocycles. The van der Waals surface area contributed by atoms with E-state index in [1.807, 2.05) is 24.3 Å². The highest BCUT2D eigenvalue weighted by Crippen LogP contribution is 2.24. The second kappa shape index (κ2) is 9.23. The highest BCUT2D eigenvalue weighted by Gasteiger charge is 2.25. The first-order chi connectivity index (χ1) is 13.4. The second-order valence-electron chi connectivity index (χ2n) is 7.03. The van der Waals surface area contributed by atoms with Crippen LogP contribution in [0.3, 0.4) is 0 Å². The van der Waals surface area contributed by atoms with Crippen LogP contribution in [0.4, 0.5) is 8.78 Å². The normalized spacial score (nSPS) is 18.2. The molecule has 5 nitrogen and oxygen atoms in total. The zero-order valence-electron chi connectivity index (χ0n) is 15.6. The number of aliphatic hydroxyl groups excluding tert-OH is 1. The number of carbonyl (C=O) groups excluding carboxylic acids is 1. The van der Waals surface area contributed by atoms with Gasteiger partial charge in [0.15, 0.2) is 0 Å². The van der Waals surface area contributed by atoms with Gasteiger partial charge in [0.2, 0.25) is 5.91 Å². The van der Waals surface area contributed by atoms with E-state index in [9.17, 15) is 18.7 Å². The molecule has 0 fully saturated rings. The van der Waals surface area contributed by atoms with E-state index in [-0.39, 0.29) is 24.9 Å². The van der Waals surface area contributed by atoms with E-state index < -0.39 is 23.8 Å². The van der Waals surface area contributed by atoms with Crippen LogP contribution in [0.15, 0.2) is 42.5 Å². The van der Waals surface area contributed by atoms with Crippen molar-refractivity contribution >= 4 is 5.91 Å². The zero-order valence-corrected chi connectivity index (χ0v) is 15.6. The van der Waals surface area contributed by atoms with Crippen molar-refractivity contribution in [3.8, 4) is 0 Å². The lowest BCUT2D eigenvalue weighted by Gasteiger charge is -2.30. The van der Waals surface area contributed by atoms with Crippen LogP contribution in [0.2, 0.25) is 0 Å². The number of halogens is 2. The monoisotopic (exact) mass is 390 g/mol. The molecule has 3 rings (SSSR count). The summed E-state index contributed by atoms with van der Waals surface area (Å²) in [6, 6.07) is 10.3. The molecule has 0 aromatic heterocycles. The third kappa shape index (κ3) is 5.34. The number of ether oxygens (including phenoxy) is 1. The Morgan fingerprint density at radius 1 is 1.25 bits per heavy atom. The molecular weight excluding hydrogens is 366 g/mol. The Morgan fingerprint density at radius 3 is 2.68 bits per heavy atom. The number of hydrogen-bond acceptors (Lipinski definition) is 4. The average Bonchev–Trinajstić information content (AvgIpc) is 2.64. The Kier molecular flexibility index (Phi) is 6.72. The highest BCUT2D eigenvalue weighted by molar-refractivity contribution is 5.73. The zero-order chi connectivity index (χ0) is 20.1. The summed E-state index contributed by atoms with van der Waals surface area (Å²) in [7, 11) is 0. The summed E-state index contributed by atoms with van der Waals surface area (Å²) in [6.45, 7) is 2.55. The molecule has 0 spiro atoms. The summed E-state index contributed by atoms with van der Waals surface area (Å²) in [5.74, 6) is -1.72. The summed E-state index contributed by atoms with van der Waals surface area (Å²) >= 11 is 0. The van der Waals surface area contributed by atoms with Gasteiger partial charge in [-0.3, -0.25) is 4.79 Å². The Bertz CT molecular complexity index is 811. The molecule has 1 aliphatic rings. The Hall–Kier alpha value is -2.35. The van der Waals surface area contributed by atoms with Gasteiger partial charge in [-0.15, -0.1) is 0 Å². The van der Waals surface area contributed by atoms with Crippen molar-refractivity contribution in [3.05, 3.63) is 70.8 Å². The van der Waals surface area contributed by atoms with E-state index in [1.54, 1.807) is 0 Å². The van der Waals surface area contributed by atoms with E-state index in [2.05, 4.69) is 10.6 Å². The van der Waals surface area contributed by atoms with Gasteiger partial charge in [0.25, 0.3) is 0 Å². The van der Waals surface area contributed by atoms with Crippen molar-refractivity contribution in [2.75, 3.05) is 13.2 Å². The fraction of sp³-hybridized carbons (Fsp3) is 0.381. The SMILES string of the molecule is CC(=O)N[C@@H](Cc1cc(F)cc(F)c1)[C@H](O)CNC1COCc2ccccc21. The van der Waals surface area contributed by atoms with Crippen LogP contribution < -0.4 is 10.6 Å². The fourth-order valence-corrected chi connectivity index (χ4v) is 3.48. The summed E-state index contributed by atoms with van der Waals surface area (Å²) in [6.07, 6.45) is -0.848. The maximum atomic E-state index is 13.5. The predicted octanol–water partition coefficient (Wildman–Crippen LogP) is 2.23. The minimum Gasteiger partial charge on any atom is -0.390 e. The van der Waals surface area contributed by atoms with Gasteiger partial charge >= 0.3 is 0 Å². The lowest BCUT2D eigenvalue weighted by molar-refractivity contribution is -0.120. The number of benzene rings is 2. The van der Waals surface area contributed by atoms with Gasteiger partial charge in [-0.2, -0.15) is 0 Å². The largest absolute Gasteiger partial charge is 0.390 e. The molecule has 7 heteroatoms. The van der Waals surface area contributed by atoms with Crippen molar-refractivity contribution in [1.82, 2.24) is 10.6 Å². The topological polar surface area (TPSA) is 70.6 Å². The quantitative estimate of drug-likeness (QED) is 0.678. The van der Waals surface area contributed by atoms with Crippen LogP contribution in [0.25, 0.3) is 0 Å². The molecule has 0 bridgehead atoms. The number of carbonyl (C=O) groups is 1. The second-order valence-corrected chi connectivity index (χ2v) is 7.03. The standard InChI is InChI=1S/C21H24F2N2O3/c1-13(26)25-19(8-14-6-16(22)9-17(23)7-14)21(27)10-24-20-12-28-11-15-4-2-3-5-18(15)20/h2-7,9,19-21,24,27H,8,10-12H2,1H3,(H,25,26)/t19-,20?,21+/m0/s1. The lowest BCUT2D eigenvalue weighted by Crippen LogP contribution is -2.49. The first kappa shape index (κ1) is 20.4. The first-order valence-corrected chi connectivity index (χ1v) is 9.21. The van der Waals surface area contributed by atoms with Crippen LogP contribution in [0.5, 0.6) is 0 Å². The van der Waals surface area contributed by atoms with E-state index in [0.29, 0.717) is 18.8 Å². The molecule has 28 heavy (non-hydrogen) atoms. The van der Waals surface area contributed by atoms with Gasteiger partial charge in [0, 0.05) is 19.5 Å². The van der Waals surface area contributed by atoms with Gasteiger partial charge in [0.1, 0.15) is 11.6 Å². The van der Waals surface area contributed by atoms with Crippen molar-refractivity contribution < 1.29 is 23.4 Å². The number of aliphatic hydroxyl groups is 1. The van der Waals surface area contributed by atoms with E-state index >= 15 is 0 Å². The van der Waals surface area contributed by atoms with Gasteiger partial charge in [-0.25, -0.2) is 8.78 Å². The molecular formula is C21H24F2N2O3. The minimum absolute atomic E-state index is 0.0795. The number of fused-ring (bicyclic) bond motifs is 1. The Balaban J connectivity index is 1.66. The summed E-state index contributed by atoms with van der Waals surface area (Å²) < 4.78 is 32.5. The molecule has 1 aliphatic heterocycles. The molecule has 1 amide bonds. The molecule has 2 aromatic carbocycles. The van der Waals surface area contributed by atoms with Crippen LogP contribution in [0, 0.1) is 11.6 Å². The summed E-state index contributed by atoms with van der Waals surface area (Å²) in [5, 5.41) is 16.6. The maximum absolute atomic E-state index is 13.5. The fourth-order valence-electron chi connectivity index (χ4n) is 3.48. The highest BCUT2D eigenvalue weighted by atomic mass is 19.1. The molecule has 3 atom stereocenters. The van der Waals surface area contributed by atoms with Gasteiger partial charge < -0.3 is 20.5 Å². The number of nitrogens with one attached hydrogen (secondary N) is 2. The van der Waals surface area contributed by atoms with Crippen LogP contribution in [-0.2, 0) is 22.6 Å². The average molecular weight is 390 g/mol. The minimum atomic E-state index is -0.954. The van der Waals surface area contributed by atoms with Gasteiger partial charge in [0.05, 0.1) is 31.4 Å². The predicted molar refractivity (Wildman–Crippen MR) is 101 cm³/mol. The molecule has 0 saturated heterocycles. The summed E-state index contributed by atoms with van der Waals surface area (Å²) in [5.41, 5.74) is 2.57. The molecule has 1 heterocycles. The smallest absolute Gasteiger partial charge is 0.217 e. The molecule has 3 N–H and O–H groups in total. The van der Waals surface area contributed by atoms with Crippen LogP contribution in [0.1, 0.15) is 29.7 Å². The third-order valence-electron chi connectivity index (χ3n) is 4.78. The van der Waals surface area contributed by atoms with Gasteiger partial charge in [-0.05, 0) is 35.2 Å². The van der Waals surface area contributed by atoms with Crippen molar-refractivity contribution in [2.24, 2.45) is 0 Å². The van der Waals surface area contributed by atoms with E-state index in [0.717, 1.165) is 17.2 Å². The Labute approximate surface area is 162 Å². The van der Waals surface area contributed by atoms with E-state index in [1.165, 1.54) is 19.1 Å². The maximum Gasteiger partial charge on any atom is 0.217 e. The lowest BCUT2D eigenvalue weighted by atomic mass is 9.97. The van der Waals surface area contributed by atoms with E-state index in [4.69, 9.17) is 4.74 Å². The van der Waals surface area contributed by atoms with Crippen LogP contribution >= 0.6 is 0 Å². The van der Waals surface area contributed by atoms with Crippen LogP contribution in [-0.4, -0.2) is 36.3 Å². The molecule has 0 radical (unpaired) electrons. The molecule has 2 aromatic rings. The molecule has 0 saturated carbocycles. The van der Waals surface area contributed by atoms with Crippen molar-refractivity contribution in [1.29, 1.82) is 0 Å². The van der Waals surface area contributed by atoms with Gasteiger partial charge in [-0.1, -0.05) is 24.3 Å². The first-order valence-electron chi connectivity index (χ1n) is 9.21. The number of rotatable bonds is 7. The number of amides is 1. The summed E-state index contributed by atoms with van der Waals surface area (Å²) in [4.78, 5) is 11.5. The van der Waals surface area contributed by atoms with Crippen molar-refractivity contribution in [3.63, 3.8) is 0 Å². The third-order valence-corrected chi connectivity index (χ3v) is 4.78. The molecule has 150 valence electrons. The van der Waals surface area contributed by atoms with Crippen molar-refractivity contribution in [2.45, 2.75) is 38.1 Å². The Morgan fingerprint density at radius 2 is 1.96 bits per heavy atom. The number of hydrogen-bond donors (Lipinski definition) is 3. The molecule has 1 unspecified atom stereocenters.